The topological polar surface area (TPSA) is 17.3 Å². The van der Waals surface area contributed by atoms with Gasteiger partial charge in [0.25, 0.3) is 0 Å². The molecule has 0 aliphatic carbocycles. The van der Waals surface area contributed by atoms with E-state index in [9.17, 15) is 0 Å². The van der Waals surface area contributed by atoms with Crippen LogP contribution in [0.4, 0.5) is 0 Å². The number of rotatable bonds is 6. The highest BCUT2D eigenvalue weighted by atomic mass is 32.1. The van der Waals surface area contributed by atoms with Crippen molar-refractivity contribution in [1.82, 2.24) is 4.48 Å². The second kappa shape index (κ2) is 8.67. The van der Waals surface area contributed by atoms with Crippen LogP contribution >= 0.6 is 45.3 Å². The van der Waals surface area contributed by atoms with Gasteiger partial charge in [-0.25, -0.2) is 0 Å². The van der Waals surface area contributed by atoms with Gasteiger partial charge in [0.05, 0.1) is 5.70 Å². The molecule has 0 aromatic carbocycles. The summed E-state index contributed by atoms with van der Waals surface area (Å²) >= 11 is 7.14. The monoisotopic (exact) mass is 484 g/mol. The van der Waals surface area contributed by atoms with Crippen molar-refractivity contribution in [3.63, 3.8) is 0 Å². The van der Waals surface area contributed by atoms with E-state index in [2.05, 4.69) is 92.1 Å². The molecule has 32 heavy (non-hydrogen) atoms. The van der Waals surface area contributed by atoms with E-state index in [1.165, 1.54) is 37.0 Å². The van der Waals surface area contributed by atoms with Crippen molar-refractivity contribution in [3.8, 4) is 10.6 Å². The largest absolute Gasteiger partial charge is 0.374 e. The van der Waals surface area contributed by atoms with Crippen molar-refractivity contribution >= 4 is 73.5 Å². The number of hydrogen-bond donors (Lipinski definition) is 0. The Labute approximate surface area is 203 Å². The van der Waals surface area contributed by atoms with Gasteiger partial charge in [0.1, 0.15) is 0 Å². The molecule has 6 rings (SSSR count). The van der Waals surface area contributed by atoms with Gasteiger partial charge in [-0.05, 0) is 68.9 Å². The Morgan fingerprint density at radius 2 is 1.59 bits per heavy atom. The predicted octanol–water partition coefficient (Wildman–Crippen LogP) is 6.46. The smallest absolute Gasteiger partial charge is 0.349 e. The fourth-order valence-corrected chi connectivity index (χ4v) is 7.26. The van der Waals surface area contributed by atoms with Gasteiger partial charge in [0, 0.05) is 37.6 Å². The van der Waals surface area contributed by atoms with Crippen LogP contribution in [0.5, 0.6) is 0 Å². The van der Waals surface area contributed by atoms with Gasteiger partial charge in [-0.15, -0.1) is 11.3 Å². The molecule has 0 amide bonds. The van der Waals surface area contributed by atoms with Crippen molar-refractivity contribution in [2.75, 3.05) is 0 Å². The zero-order valence-corrected chi connectivity index (χ0v) is 20.2. The van der Waals surface area contributed by atoms with E-state index in [1.54, 1.807) is 22.7 Å². The Morgan fingerprint density at radius 1 is 0.812 bits per heavy atom. The van der Waals surface area contributed by atoms with Gasteiger partial charge in [0.15, 0.2) is 0 Å². The second-order valence-electron chi connectivity index (χ2n) is 7.29. The Morgan fingerprint density at radius 3 is 2.19 bits per heavy atom. The molecule has 0 fully saturated rings. The lowest BCUT2D eigenvalue weighted by Crippen LogP contribution is -2.47. The van der Waals surface area contributed by atoms with Crippen LogP contribution in [0.1, 0.15) is 11.3 Å². The summed E-state index contributed by atoms with van der Waals surface area (Å²) in [5, 5.41) is 10.9. The molecular weight excluding hydrogens is 467 g/mol. The van der Waals surface area contributed by atoms with Crippen LogP contribution in [-0.4, -0.2) is 17.5 Å². The lowest BCUT2D eigenvalue weighted by Gasteiger charge is -2.21. The summed E-state index contributed by atoms with van der Waals surface area (Å²) in [5.74, 6) is 0. The fourth-order valence-electron chi connectivity index (χ4n) is 4.13. The molecule has 0 bridgehead atoms. The first kappa shape index (κ1) is 19.9. The van der Waals surface area contributed by atoms with Crippen molar-refractivity contribution in [1.29, 1.82) is 0 Å². The molecule has 0 unspecified atom stereocenters. The Bertz CT molecular complexity index is 1350. The lowest BCUT2D eigenvalue weighted by molar-refractivity contribution is 1.19. The van der Waals surface area contributed by atoms with Crippen LogP contribution in [0.25, 0.3) is 16.1 Å². The third kappa shape index (κ3) is 3.51. The number of aliphatic imine (C=N–C) groups is 1. The molecule has 5 aromatic rings. The van der Waals surface area contributed by atoms with Crippen LogP contribution < -0.4 is 9.55 Å². The Hall–Kier alpha value is -2.71. The average molecular weight is 485 g/mol. The molecule has 7 heteroatoms. The molecule has 6 heterocycles. The van der Waals surface area contributed by atoms with Crippen LogP contribution in [-0.2, 0) is 0 Å². The summed E-state index contributed by atoms with van der Waals surface area (Å²) in [7, 11) is 0. The summed E-state index contributed by atoms with van der Waals surface area (Å²) in [6, 6.07) is 19.9. The van der Waals surface area contributed by atoms with E-state index in [4.69, 9.17) is 4.99 Å². The van der Waals surface area contributed by atoms with Crippen molar-refractivity contribution in [3.05, 3.63) is 111 Å². The highest BCUT2D eigenvalue weighted by molar-refractivity contribution is 7.30. The first-order chi connectivity index (χ1) is 15.9. The van der Waals surface area contributed by atoms with Gasteiger partial charge in [-0.3, -0.25) is 4.99 Å². The van der Waals surface area contributed by atoms with Crippen LogP contribution in [0.15, 0.2) is 104 Å². The molecule has 0 atom stereocenters. The maximum absolute atomic E-state index is 4.71. The van der Waals surface area contributed by atoms with Crippen LogP contribution in [0.3, 0.4) is 0 Å². The normalized spacial score (nSPS) is 14.4. The van der Waals surface area contributed by atoms with Gasteiger partial charge in [0.2, 0.25) is 0 Å². The lowest BCUT2D eigenvalue weighted by atomic mass is 9.58. The molecule has 0 saturated carbocycles. The molecule has 154 valence electrons. The first-order valence-corrected chi connectivity index (χ1v) is 13.8. The maximum atomic E-state index is 4.71. The zero-order valence-electron chi connectivity index (χ0n) is 16.9. The molecule has 0 N–H and O–H groups in total. The van der Waals surface area contributed by atoms with Crippen LogP contribution in [0.2, 0.25) is 0 Å². The van der Waals surface area contributed by atoms with E-state index in [0.29, 0.717) is 0 Å². The van der Waals surface area contributed by atoms with E-state index < -0.39 is 0 Å². The van der Waals surface area contributed by atoms with Gasteiger partial charge >= 0.3 is 6.85 Å². The first-order valence-electron chi connectivity index (χ1n) is 10.2. The van der Waals surface area contributed by atoms with E-state index in [0.717, 1.165) is 5.70 Å². The quantitative estimate of drug-likeness (QED) is 0.246. The standard InChI is InChI=1S/C25H17BN2S4/c1-5-19(27-12-1)25(18-11-16-29-17-18)21-10-9-20(22-6-2-13-30-22)28(21)26(23-7-3-14-31-23)24-8-4-15-32-24/h1-17H/b25-19-. The Balaban J connectivity index is 1.67. The van der Waals surface area contributed by atoms with E-state index in [-0.39, 0.29) is 6.85 Å². The number of hydrogen-bond acceptors (Lipinski definition) is 5. The van der Waals surface area contributed by atoms with Crippen LogP contribution in [0, 0.1) is 0 Å². The zero-order chi connectivity index (χ0) is 21.3. The predicted molar refractivity (Wildman–Crippen MR) is 145 cm³/mol. The van der Waals surface area contributed by atoms with E-state index >= 15 is 0 Å². The third-order valence-electron chi connectivity index (χ3n) is 5.45. The number of aromatic nitrogens is 1. The van der Waals surface area contributed by atoms with Crippen molar-refractivity contribution < 1.29 is 0 Å². The Kier molecular flexibility index (Phi) is 5.41. The highest BCUT2D eigenvalue weighted by Gasteiger charge is 2.31. The molecule has 0 spiro atoms. The van der Waals surface area contributed by atoms with Gasteiger partial charge < -0.3 is 4.48 Å². The minimum Gasteiger partial charge on any atom is -0.374 e. The van der Waals surface area contributed by atoms with Gasteiger partial charge in [-0.2, -0.15) is 34.0 Å². The minimum absolute atomic E-state index is 0.112. The minimum atomic E-state index is 0.112. The van der Waals surface area contributed by atoms with Crippen molar-refractivity contribution in [2.24, 2.45) is 4.99 Å². The summed E-state index contributed by atoms with van der Waals surface area (Å²) in [6.45, 7) is 0.112. The van der Waals surface area contributed by atoms with Crippen molar-refractivity contribution in [2.45, 2.75) is 0 Å². The summed E-state index contributed by atoms with van der Waals surface area (Å²) < 4.78 is 5.19. The fraction of sp³-hybridized carbons (Fsp3) is 0. The molecule has 1 aliphatic heterocycles. The molecule has 2 nitrogen and oxygen atoms in total. The van der Waals surface area contributed by atoms with E-state index in [1.807, 2.05) is 35.0 Å². The molecule has 0 saturated heterocycles. The summed E-state index contributed by atoms with van der Waals surface area (Å²) in [5.41, 5.74) is 5.83. The number of nitrogens with zero attached hydrogens (tertiary/aromatic N) is 2. The average Bonchev–Trinajstić information content (AvgIpc) is 3.67. The maximum Gasteiger partial charge on any atom is 0.349 e. The third-order valence-corrected chi connectivity index (χ3v) is 8.88. The highest BCUT2D eigenvalue weighted by Crippen LogP contribution is 2.36. The van der Waals surface area contributed by atoms with Gasteiger partial charge in [-0.1, -0.05) is 30.3 Å². The second-order valence-corrected chi connectivity index (χ2v) is 11.0. The SMILES string of the molecule is C1=C/C(=C(\c2ccsc2)c2ccc(-c3cccs3)n2B(c2cccs2)c2cccs2)N=C1. The number of allylic oxidation sites excluding steroid dienone is 2. The molecule has 5 aromatic heterocycles. The molecule has 0 radical (unpaired) electrons. The molecule has 1 aliphatic rings. The number of thiophene rings is 4. The summed E-state index contributed by atoms with van der Waals surface area (Å²) in [6.07, 6.45) is 6.01. The summed E-state index contributed by atoms with van der Waals surface area (Å²) in [4.78, 5) is 5.98. The molecular formula is C25H17BN2S4.